The minimum atomic E-state index is -1.95. The summed E-state index contributed by atoms with van der Waals surface area (Å²) in [7, 11) is 0. The Labute approximate surface area is 64.7 Å². The van der Waals surface area contributed by atoms with Crippen LogP contribution in [0.3, 0.4) is 0 Å². The highest BCUT2D eigenvalue weighted by atomic mass is 35.5. The van der Waals surface area contributed by atoms with Crippen LogP contribution >= 0.6 is 11.6 Å². The molecular formula is C6H11ClFNO. The molecule has 0 spiro atoms. The van der Waals surface area contributed by atoms with E-state index in [1.807, 2.05) is 0 Å². The van der Waals surface area contributed by atoms with Crippen LogP contribution in [0.5, 0.6) is 0 Å². The van der Waals surface area contributed by atoms with E-state index >= 15 is 0 Å². The van der Waals surface area contributed by atoms with Crippen LogP contribution in [-0.2, 0) is 4.79 Å². The Morgan fingerprint density at radius 1 is 1.60 bits per heavy atom. The lowest BCUT2D eigenvalue weighted by molar-refractivity contribution is -0.124. The summed E-state index contributed by atoms with van der Waals surface area (Å²) in [6, 6.07) is 0. The molecule has 0 saturated heterocycles. The maximum Gasteiger partial charge on any atom is 0.270 e. The van der Waals surface area contributed by atoms with Crippen LogP contribution < -0.4 is 5.32 Å². The van der Waals surface area contributed by atoms with Crippen molar-refractivity contribution in [3.63, 3.8) is 0 Å². The Hall–Kier alpha value is -0.310. The van der Waals surface area contributed by atoms with Gasteiger partial charge < -0.3 is 5.32 Å². The Morgan fingerprint density at radius 3 is 2.10 bits per heavy atom. The zero-order chi connectivity index (χ0) is 8.36. The van der Waals surface area contributed by atoms with E-state index in [4.69, 9.17) is 11.6 Å². The van der Waals surface area contributed by atoms with E-state index in [1.54, 1.807) is 20.8 Å². The Balaban J connectivity index is 3.81. The maximum atomic E-state index is 12.0. The van der Waals surface area contributed by atoms with Crippen LogP contribution in [-0.4, -0.2) is 17.1 Å². The van der Waals surface area contributed by atoms with Gasteiger partial charge in [0.1, 0.15) is 0 Å². The first-order valence-electron chi connectivity index (χ1n) is 2.93. The lowest BCUT2D eigenvalue weighted by Gasteiger charge is -2.20. The average molecular weight is 168 g/mol. The van der Waals surface area contributed by atoms with Gasteiger partial charge in [0, 0.05) is 5.54 Å². The predicted molar refractivity (Wildman–Crippen MR) is 38.6 cm³/mol. The number of rotatable bonds is 1. The van der Waals surface area contributed by atoms with Crippen molar-refractivity contribution in [2.45, 2.75) is 31.9 Å². The molecule has 1 amide bonds. The minimum absolute atomic E-state index is 0.420. The predicted octanol–water partition coefficient (Wildman–Crippen LogP) is 1.44. The van der Waals surface area contributed by atoms with Gasteiger partial charge in [-0.2, -0.15) is 0 Å². The molecule has 0 radical (unpaired) electrons. The minimum Gasteiger partial charge on any atom is -0.348 e. The number of halogens is 2. The molecule has 0 rings (SSSR count). The van der Waals surface area contributed by atoms with Crippen LogP contribution in [0.15, 0.2) is 0 Å². The molecule has 1 unspecified atom stereocenters. The lowest BCUT2D eigenvalue weighted by atomic mass is 10.1. The standard InChI is InChI=1S/C6H11ClFNO/c1-6(2,3)9-5(10)4(7)8/h4H,1-3H3,(H,9,10). The third-order valence-electron chi connectivity index (χ3n) is 0.696. The van der Waals surface area contributed by atoms with Crippen LogP contribution in [0, 0.1) is 0 Å². The van der Waals surface area contributed by atoms with Crippen LogP contribution in [0.1, 0.15) is 20.8 Å². The van der Waals surface area contributed by atoms with Gasteiger partial charge in [-0.15, -0.1) is 0 Å². The smallest absolute Gasteiger partial charge is 0.270 e. The second-order valence-electron chi connectivity index (χ2n) is 3.04. The number of carbonyl (C=O) groups is 1. The van der Waals surface area contributed by atoms with Gasteiger partial charge in [0.05, 0.1) is 0 Å². The largest absolute Gasteiger partial charge is 0.348 e. The molecule has 0 saturated carbocycles. The van der Waals surface area contributed by atoms with Crippen molar-refractivity contribution in [1.82, 2.24) is 5.32 Å². The van der Waals surface area contributed by atoms with Crippen molar-refractivity contribution in [1.29, 1.82) is 0 Å². The fourth-order valence-electron chi connectivity index (χ4n) is 0.424. The highest BCUT2D eigenvalue weighted by molar-refractivity contribution is 6.29. The monoisotopic (exact) mass is 167 g/mol. The number of amides is 1. The van der Waals surface area contributed by atoms with E-state index < -0.39 is 17.1 Å². The molecule has 1 atom stereocenters. The number of hydrogen-bond donors (Lipinski definition) is 1. The summed E-state index contributed by atoms with van der Waals surface area (Å²) in [5, 5.41) is 2.37. The quantitative estimate of drug-likeness (QED) is 0.589. The third kappa shape index (κ3) is 4.56. The zero-order valence-electron chi connectivity index (χ0n) is 6.24. The molecule has 4 heteroatoms. The molecule has 0 aliphatic heterocycles. The molecule has 0 aromatic carbocycles. The molecule has 0 fully saturated rings. The van der Waals surface area contributed by atoms with Crippen LogP contribution in [0.2, 0.25) is 0 Å². The second-order valence-corrected chi connectivity index (χ2v) is 3.42. The van der Waals surface area contributed by atoms with Crippen LogP contribution in [0.25, 0.3) is 0 Å². The van der Waals surface area contributed by atoms with E-state index in [-0.39, 0.29) is 0 Å². The first-order chi connectivity index (χ1) is 4.33. The summed E-state index contributed by atoms with van der Waals surface area (Å²) in [6.07, 6.45) is 0. The van der Waals surface area contributed by atoms with Gasteiger partial charge in [-0.05, 0) is 20.8 Å². The topological polar surface area (TPSA) is 29.1 Å². The van der Waals surface area contributed by atoms with Crippen molar-refractivity contribution >= 4 is 17.5 Å². The molecule has 0 aliphatic rings. The SMILES string of the molecule is CC(C)(C)NC(=O)C(F)Cl. The van der Waals surface area contributed by atoms with E-state index in [0.717, 1.165) is 0 Å². The lowest BCUT2D eigenvalue weighted by Crippen LogP contribution is -2.43. The van der Waals surface area contributed by atoms with Crippen molar-refractivity contribution in [2.75, 3.05) is 0 Å². The van der Waals surface area contributed by atoms with Gasteiger partial charge in [-0.3, -0.25) is 4.79 Å². The van der Waals surface area contributed by atoms with Gasteiger partial charge in [0.15, 0.2) is 0 Å². The summed E-state index contributed by atoms with van der Waals surface area (Å²) in [6.45, 7) is 5.26. The van der Waals surface area contributed by atoms with Crippen LogP contribution in [0.4, 0.5) is 4.39 Å². The van der Waals surface area contributed by atoms with Crippen molar-refractivity contribution in [3.05, 3.63) is 0 Å². The molecule has 1 N–H and O–H groups in total. The number of alkyl halides is 2. The van der Waals surface area contributed by atoms with Gasteiger partial charge in [-0.25, -0.2) is 4.39 Å². The molecule has 0 aliphatic carbocycles. The number of hydrogen-bond acceptors (Lipinski definition) is 1. The molecular weight excluding hydrogens is 157 g/mol. The molecule has 0 bridgehead atoms. The molecule has 2 nitrogen and oxygen atoms in total. The highest BCUT2D eigenvalue weighted by Gasteiger charge is 2.19. The molecule has 0 aromatic heterocycles. The molecule has 10 heavy (non-hydrogen) atoms. The highest BCUT2D eigenvalue weighted by Crippen LogP contribution is 2.03. The van der Waals surface area contributed by atoms with Gasteiger partial charge in [0.25, 0.3) is 11.5 Å². The first-order valence-corrected chi connectivity index (χ1v) is 3.37. The fraction of sp³-hybridized carbons (Fsp3) is 0.833. The Bertz CT molecular complexity index is 130. The average Bonchev–Trinajstić information content (AvgIpc) is 1.60. The third-order valence-corrected chi connectivity index (χ3v) is 0.895. The van der Waals surface area contributed by atoms with Crippen molar-refractivity contribution in [3.8, 4) is 0 Å². The number of carbonyl (C=O) groups excluding carboxylic acids is 1. The Kier molecular flexibility index (Phi) is 3.09. The first kappa shape index (κ1) is 9.69. The second kappa shape index (κ2) is 3.19. The number of nitrogens with one attached hydrogen (secondary N) is 1. The van der Waals surface area contributed by atoms with E-state index in [2.05, 4.69) is 5.32 Å². The van der Waals surface area contributed by atoms with Gasteiger partial charge >= 0.3 is 0 Å². The molecule has 60 valence electrons. The molecule has 0 aromatic rings. The zero-order valence-corrected chi connectivity index (χ0v) is 7.00. The summed E-state index contributed by atoms with van der Waals surface area (Å²) in [5.41, 5.74) is -2.37. The van der Waals surface area contributed by atoms with E-state index in [9.17, 15) is 9.18 Å². The van der Waals surface area contributed by atoms with Crippen molar-refractivity contribution < 1.29 is 9.18 Å². The van der Waals surface area contributed by atoms with E-state index in [0.29, 0.717) is 0 Å². The molecule has 0 heterocycles. The van der Waals surface area contributed by atoms with Crippen molar-refractivity contribution in [2.24, 2.45) is 0 Å². The normalized spacial score (nSPS) is 14.5. The summed E-state index contributed by atoms with van der Waals surface area (Å²) in [5.74, 6) is -0.783. The summed E-state index contributed by atoms with van der Waals surface area (Å²) < 4.78 is 12.0. The maximum absolute atomic E-state index is 12.0. The fourth-order valence-corrected chi connectivity index (χ4v) is 0.479. The summed E-state index contributed by atoms with van der Waals surface area (Å²) in [4.78, 5) is 10.5. The van der Waals surface area contributed by atoms with Gasteiger partial charge in [0.2, 0.25) is 0 Å². The Morgan fingerprint density at radius 2 is 2.00 bits per heavy atom. The van der Waals surface area contributed by atoms with E-state index in [1.165, 1.54) is 0 Å². The summed E-state index contributed by atoms with van der Waals surface area (Å²) >= 11 is 4.86. The van der Waals surface area contributed by atoms with Gasteiger partial charge in [-0.1, -0.05) is 11.6 Å².